The molecular weight excluding hydrogens is 418 g/mol. The van der Waals surface area contributed by atoms with Crippen LogP contribution in [0.3, 0.4) is 0 Å². The Hall–Kier alpha value is -2.46. The molecule has 2 N–H and O–H groups in total. The summed E-state index contributed by atoms with van der Waals surface area (Å²) in [6.45, 7) is 6.01. The summed E-state index contributed by atoms with van der Waals surface area (Å²) in [7, 11) is -4.18. The second-order valence-electron chi connectivity index (χ2n) is 7.17. The molecule has 0 spiro atoms. The summed E-state index contributed by atoms with van der Waals surface area (Å²) in [5, 5.41) is 6.58. The molecule has 0 atom stereocenters. The third-order valence-corrected chi connectivity index (χ3v) is 5.95. The Balaban J connectivity index is 2.07. The number of hydrogen-bond donors (Lipinski definition) is 2. The molecule has 0 aliphatic rings. The van der Waals surface area contributed by atoms with Crippen molar-refractivity contribution in [3.63, 3.8) is 0 Å². The minimum Gasteiger partial charge on any atom is -0.347 e. The molecule has 0 aliphatic heterocycles. The third-order valence-electron chi connectivity index (χ3n) is 4.09. The molecule has 0 aliphatic carbocycles. The summed E-state index contributed by atoms with van der Waals surface area (Å²) < 4.78 is 28.3. The van der Waals surface area contributed by atoms with E-state index in [1.165, 1.54) is 35.5 Å². The van der Waals surface area contributed by atoms with Gasteiger partial charge in [-0.05, 0) is 38.5 Å². The molecule has 0 saturated heterocycles. The van der Waals surface area contributed by atoms with Crippen molar-refractivity contribution >= 4 is 33.4 Å². The summed E-state index contributed by atoms with van der Waals surface area (Å²) in [5.41, 5.74) is -0.170. The molecule has 0 radical (unpaired) electrons. The molecule has 2 aromatic rings. The van der Waals surface area contributed by atoms with Crippen molar-refractivity contribution in [3.05, 3.63) is 41.4 Å². The first-order chi connectivity index (χ1) is 13.5. The fraction of sp³-hybridized carbons (Fsp3) is 0.444. The summed E-state index contributed by atoms with van der Waals surface area (Å²) >= 11 is 6.10. The zero-order valence-electron chi connectivity index (χ0n) is 16.5. The van der Waals surface area contributed by atoms with Crippen LogP contribution in [0.1, 0.15) is 50.4 Å². The molecule has 0 bridgehead atoms. The molecule has 2 amide bonds. The number of sulfonamides is 1. The zero-order valence-corrected chi connectivity index (χ0v) is 18.0. The fourth-order valence-electron chi connectivity index (χ4n) is 2.75. The lowest BCUT2D eigenvalue weighted by Crippen LogP contribution is -2.43. The first-order valence-electron chi connectivity index (χ1n) is 9.04. The van der Waals surface area contributed by atoms with E-state index in [2.05, 4.69) is 15.4 Å². The summed E-state index contributed by atoms with van der Waals surface area (Å²) in [5.74, 6) is -1.06. The Morgan fingerprint density at radius 3 is 2.59 bits per heavy atom. The number of nitrogens with one attached hydrogen (secondary N) is 2. The van der Waals surface area contributed by atoms with E-state index in [1.807, 2.05) is 25.5 Å². The van der Waals surface area contributed by atoms with E-state index in [9.17, 15) is 18.0 Å². The van der Waals surface area contributed by atoms with Crippen molar-refractivity contribution in [2.75, 3.05) is 0 Å². The highest BCUT2D eigenvalue weighted by atomic mass is 35.5. The summed E-state index contributed by atoms with van der Waals surface area (Å²) in [6.07, 6.45) is 4.33. The largest absolute Gasteiger partial charge is 0.347 e. The van der Waals surface area contributed by atoms with Crippen molar-refractivity contribution in [2.45, 2.75) is 57.0 Å². The Morgan fingerprint density at radius 1 is 1.28 bits per heavy atom. The highest BCUT2D eigenvalue weighted by Gasteiger charge is 2.24. The molecule has 1 heterocycles. The molecule has 29 heavy (non-hydrogen) atoms. The van der Waals surface area contributed by atoms with Crippen molar-refractivity contribution in [1.29, 1.82) is 0 Å². The number of carbonyl (C=O) groups is 2. The van der Waals surface area contributed by atoms with Crippen LogP contribution in [0.4, 0.5) is 0 Å². The van der Waals surface area contributed by atoms with Gasteiger partial charge in [-0.3, -0.25) is 14.3 Å². The van der Waals surface area contributed by atoms with E-state index in [0.29, 0.717) is 0 Å². The molecule has 0 fully saturated rings. The van der Waals surface area contributed by atoms with Crippen molar-refractivity contribution in [3.8, 4) is 0 Å². The number of nitrogens with zero attached hydrogens (tertiary/aromatic N) is 3. The van der Waals surface area contributed by atoms with Gasteiger partial charge in [-0.15, -0.1) is 0 Å². The number of hydrogen-bond acceptors (Lipinski definition) is 6. The highest BCUT2D eigenvalue weighted by Crippen LogP contribution is 2.23. The van der Waals surface area contributed by atoms with Crippen LogP contribution in [0.2, 0.25) is 5.02 Å². The Bertz CT molecular complexity index is 974. The van der Waals surface area contributed by atoms with Gasteiger partial charge in [0.2, 0.25) is 5.91 Å². The second-order valence-corrected chi connectivity index (χ2v) is 9.23. The zero-order chi connectivity index (χ0) is 21.7. The van der Waals surface area contributed by atoms with Crippen LogP contribution < -0.4 is 10.0 Å². The smallest absolute Gasteiger partial charge is 0.265 e. The van der Waals surface area contributed by atoms with Gasteiger partial charge in [0.15, 0.2) is 0 Å². The average Bonchev–Trinajstić information content (AvgIpc) is 3.12. The highest BCUT2D eigenvalue weighted by molar-refractivity contribution is 7.90. The van der Waals surface area contributed by atoms with E-state index < -0.39 is 21.5 Å². The average molecular weight is 442 g/mol. The standard InChI is InChI=1S/C18H24ClN5O4S/c1-4-8-18(2,3)22-17(26)13-5-6-15(14(19)10-13)29(27,28)23-16(25)7-9-24-12-20-11-21-24/h5-6,10-12H,4,7-9H2,1-3H3,(H,22,26)(H,23,25). The van der Waals surface area contributed by atoms with E-state index in [4.69, 9.17) is 11.6 Å². The lowest BCUT2D eigenvalue weighted by molar-refractivity contribution is -0.119. The molecule has 2 rings (SSSR count). The van der Waals surface area contributed by atoms with Gasteiger partial charge < -0.3 is 5.32 Å². The fourth-order valence-corrected chi connectivity index (χ4v) is 4.31. The lowest BCUT2D eigenvalue weighted by Gasteiger charge is -2.25. The third kappa shape index (κ3) is 6.53. The van der Waals surface area contributed by atoms with Gasteiger partial charge in [-0.1, -0.05) is 24.9 Å². The van der Waals surface area contributed by atoms with Crippen molar-refractivity contribution < 1.29 is 18.0 Å². The predicted octanol–water partition coefficient (Wildman–Crippen LogP) is 2.14. The van der Waals surface area contributed by atoms with Gasteiger partial charge in [0.05, 0.1) is 11.6 Å². The van der Waals surface area contributed by atoms with E-state index in [0.717, 1.165) is 12.8 Å². The number of halogens is 1. The van der Waals surface area contributed by atoms with Crippen LogP contribution in [-0.4, -0.2) is 40.5 Å². The monoisotopic (exact) mass is 441 g/mol. The quantitative estimate of drug-likeness (QED) is 0.614. The van der Waals surface area contributed by atoms with Crippen molar-refractivity contribution in [2.24, 2.45) is 0 Å². The first kappa shape index (κ1) is 22.8. The molecule has 11 heteroatoms. The summed E-state index contributed by atoms with van der Waals surface area (Å²) in [6, 6.07) is 3.84. The molecule has 9 nitrogen and oxygen atoms in total. The Labute approximate surface area is 174 Å². The predicted molar refractivity (Wildman–Crippen MR) is 108 cm³/mol. The lowest BCUT2D eigenvalue weighted by atomic mass is 9.98. The van der Waals surface area contributed by atoms with E-state index >= 15 is 0 Å². The minimum absolute atomic E-state index is 0.104. The minimum atomic E-state index is -4.18. The van der Waals surface area contributed by atoms with Gasteiger partial charge in [-0.2, -0.15) is 5.10 Å². The topological polar surface area (TPSA) is 123 Å². The molecule has 1 aromatic heterocycles. The Morgan fingerprint density at radius 2 is 2.00 bits per heavy atom. The van der Waals surface area contributed by atoms with E-state index in [-0.39, 0.29) is 34.4 Å². The van der Waals surface area contributed by atoms with Crippen molar-refractivity contribution in [1.82, 2.24) is 24.8 Å². The van der Waals surface area contributed by atoms with Gasteiger partial charge >= 0.3 is 0 Å². The number of benzene rings is 1. The number of aromatic nitrogens is 3. The van der Waals surface area contributed by atoms with Crippen LogP contribution in [0.5, 0.6) is 0 Å². The van der Waals surface area contributed by atoms with Crippen LogP contribution in [0.25, 0.3) is 0 Å². The van der Waals surface area contributed by atoms with Crippen LogP contribution in [0.15, 0.2) is 35.7 Å². The molecule has 1 aromatic carbocycles. The first-order valence-corrected chi connectivity index (χ1v) is 10.9. The van der Waals surface area contributed by atoms with Gasteiger partial charge in [0.25, 0.3) is 15.9 Å². The van der Waals surface area contributed by atoms with E-state index in [1.54, 1.807) is 0 Å². The maximum absolute atomic E-state index is 12.5. The van der Waals surface area contributed by atoms with Gasteiger partial charge in [-0.25, -0.2) is 18.1 Å². The molecule has 158 valence electrons. The van der Waals surface area contributed by atoms with Gasteiger partial charge in [0.1, 0.15) is 17.6 Å². The summed E-state index contributed by atoms with van der Waals surface area (Å²) in [4.78, 5) is 27.9. The Kier molecular flexibility index (Phi) is 7.37. The maximum atomic E-state index is 12.5. The normalized spacial score (nSPS) is 11.9. The molecule has 0 unspecified atom stereocenters. The number of amides is 2. The number of carbonyl (C=O) groups excluding carboxylic acids is 2. The SMILES string of the molecule is CCCC(C)(C)NC(=O)c1ccc(S(=O)(=O)NC(=O)CCn2cncn2)c(Cl)c1. The second kappa shape index (κ2) is 9.36. The molecule has 0 saturated carbocycles. The maximum Gasteiger partial charge on any atom is 0.265 e. The van der Waals surface area contributed by atoms with Crippen LogP contribution >= 0.6 is 11.6 Å². The molecular formula is C18H24ClN5O4S. The number of aryl methyl sites for hydroxylation is 1. The van der Waals surface area contributed by atoms with Crippen LogP contribution in [-0.2, 0) is 21.4 Å². The van der Waals surface area contributed by atoms with Gasteiger partial charge in [0, 0.05) is 17.5 Å². The number of rotatable bonds is 9. The van der Waals surface area contributed by atoms with Crippen LogP contribution in [0, 0.1) is 0 Å².